The molecule has 1 aliphatic carbocycles. The maximum atomic E-state index is 13.5. The van der Waals surface area contributed by atoms with Crippen LogP contribution in [0.15, 0.2) is 90.4 Å². The summed E-state index contributed by atoms with van der Waals surface area (Å²) in [5.41, 5.74) is 2.68. The number of anilines is 2. The summed E-state index contributed by atoms with van der Waals surface area (Å²) in [7, 11) is 1.72. The number of aromatic nitrogens is 5. The summed E-state index contributed by atoms with van der Waals surface area (Å²) >= 11 is 6.26. The number of halogens is 1. The lowest BCUT2D eigenvalue weighted by atomic mass is 9.49. The number of pyridine rings is 2. The molecule has 66 heavy (non-hydrogen) atoms. The van der Waals surface area contributed by atoms with E-state index in [0.29, 0.717) is 56.8 Å². The molecule has 6 aromatic rings. The Bertz CT molecular complexity index is 2870. The van der Waals surface area contributed by atoms with Crippen LogP contribution in [0.3, 0.4) is 0 Å². The largest absolute Gasteiger partial charge is 0.489 e. The molecule has 1 amide bonds. The van der Waals surface area contributed by atoms with Gasteiger partial charge in [0.2, 0.25) is 11.8 Å². The van der Waals surface area contributed by atoms with E-state index in [1.54, 1.807) is 68.4 Å². The molecule has 342 valence electrons. The number of amides is 1. The van der Waals surface area contributed by atoms with E-state index in [0.717, 1.165) is 66.8 Å². The number of hydrogen-bond donors (Lipinski definition) is 3. The Morgan fingerprint density at radius 1 is 0.955 bits per heavy atom. The van der Waals surface area contributed by atoms with Crippen LogP contribution in [0.1, 0.15) is 82.3 Å². The number of hydrogen-bond acceptors (Lipinski definition) is 11. The highest BCUT2D eigenvalue weighted by molar-refractivity contribution is 6.31. The molecule has 14 nitrogen and oxygen atoms in total. The molecule has 0 bridgehead atoms. The molecule has 3 N–H and O–H groups in total. The fourth-order valence-electron chi connectivity index (χ4n) is 10.6. The van der Waals surface area contributed by atoms with Crippen molar-refractivity contribution in [1.29, 1.82) is 5.26 Å². The van der Waals surface area contributed by atoms with Gasteiger partial charge in [-0.1, -0.05) is 45.4 Å². The Labute approximate surface area is 389 Å². The fraction of sp³-hybridized carbons (Fsp3) is 0.412. The maximum absolute atomic E-state index is 13.5. The first-order valence-corrected chi connectivity index (χ1v) is 23.0. The van der Waals surface area contributed by atoms with Crippen LogP contribution in [0.2, 0.25) is 5.02 Å². The molecule has 1 saturated carbocycles. The van der Waals surface area contributed by atoms with Crippen LogP contribution in [0.25, 0.3) is 22.0 Å². The molecule has 2 aliphatic heterocycles. The quantitative estimate of drug-likeness (QED) is 0.107. The van der Waals surface area contributed by atoms with Crippen molar-refractivity contribution < 1.29 is 19.4 Å². The molecule has 2 saturated heterocycles. The summed E-state index contributed by atoms with van der Waals surface area (Å²) in [6.07, 6.45) is 11.7. The number of ether oxygens (including phenoxy) is 2. The van der Waals surface area contributed by atoms with Gasteiger partial charge in [-0.2, -0.15) is 5.26 Å². The molecule has 9 rings (SSSR count). The molecule has 2 aromatic carbocycles. The van der Waals surface area contributed by atoms with Gasteiger partial charge >= 0.3 is 0 Å². The number of carbonyl (C=O) groups is 1. The van der Waals surface area contributed by atoms with Crippen LogP contribution in [-0.2, 0) is 12.6 Å². The molecule has 6 heterocycles. The highest BCUT2D eigenvalue weighted by Gasteiger charge is 2.64. The van der Waals surface area contributed by atoms with E-state index < -0.39 is 5.60 Å². The van der Waals surface area contributed by atoms with Crippen LogP contribution < -0.4 is 30.1 Å². The van der Waals surface area contributed by atoms with Crippen molar-refractivity contribution in [3.05, 3.63) is 118 Å². The monoisotopic (exact) mass is 909 g/mol. The SMILES string of the molecule is Cn1cc(-c2cc(C(C)(C)O)ccc2Oc2ccc(N3CC(CC4CCN(c5ncc(C(=O)NC6C(C)(C)C(Oc7ccc(C#N)c(Cl)c7)C6(C)C)cn5)CC4)C3)cn2)c2cc[nH]c2c1=O. The molecule has 3 fully saturated rings. The third kappa shape index (κ3) is 8.46. The predicted octanol–water partition coefficient (Wildman–Crippen LogP) is 8.62. The predicted molar refractivity (Wildman–Crippen MR) is 255 cm³/mol. The number of nitrogens with one attached hydrogen (secondary N) is 2. The highest BCUT2D eigenvalue weighted by atomic mass is 35.5. The van der Waals surface area contributed by atoms with Crippen molar-refractivity contribution in [3.8, 4) is 34.6 Å². The number of aromatic amines is 1. The van der Waals surface area contributed by atoms with E-state index in [1.807, 2.05) is 42.6 Å². The Morgan fingerprint density at radius 2 is 1.68 bits per heavy atom. The molecule has 15 heteroatoms. The number of nitriles is 1. The maximum Gasteiger partial charge on any atom is 0.274 e. The molecule has 4 aromatic heterocycles. The number of fused-ring (bicyclic) bond motifs is 1. The highest BCUT2D eigenvalue weighted by Crippen LogP contribution is 2.55. The lowest BCUT2D eigenvalue weighted by Gasteiger charge is -2.63. The van der Waals surface area contributed by atoms with Crippen LogP contribution >= 0.6 is 11.6 Å². The van der Waals surface area contributed by atoms with Crippen molar-refractivity contribution in [2.45, 2.75) is 78.6 Å². The van der Waals surface area contributed by atoms with Gasteiger partial charge in [-0.05, 0) is 86.9 Å². The third-order valence-corrected chi connectivity index (χ3v) is 14.3. The number of nitrogens with zero attached hydrogens (tertiary/aromatic N) is 7. The lowest BCUT2D eigenvalue weighted by Crippen LogP contribution is -2.74. The summed E-state index contributed by atoms with van der Waals surface area (Å²) in [4.78, 5) is 47.9. The summed E-state index contributed by atoms with van der Waals surface area (Å²) in [6.45, 7) is 15.5. The van der Waals surface area contributed by atoms with E-state index in [-0.39, 0.29) is 34.4 Å². The molecule has 0 atom stereocenters. The zero-order chi connectivity index (χ0) is 46.7. The summed E-state index contributed by atoms with van der Waals surface area (Å²) < 4.78 is 14.3. The van der Waals surface area contributed by atoms with Crippen LogP contribution in [-0.4, -0.2) is 73.8 Å². The minimum absolute atomic E-state index is 0.121. The van der Waals surface area contributed by atoms with Crippen molar-refractivity contribution in [2.75, 3.05) is 36.0 Å². The zero-order valence-corrected chi connectivity index (χ0v) is 39.2. The molecular formula is C51H56ClN9O5. The molecule has 0 unspecified atom stereocenters. The minimum Gasteiger partial charge on any atom is -0.489 e. The minimum atomic E-state index is -1.08. The first-order valence-electron chi connectivity index (χ1n) is 22.6. The normalized spacial score (nSPS) is 19.5. The van der Waals surface area contributed by atoms with Gasteiger partial charge in [0.05, 0.1) is 33.6 Å². The van der Waals surface area contributed by atoms with Crippen molar-refractivity contribution >= 4 is 40.0 Å². The molecule has 3 aliphatic rings. The summed E-state index contributed by atoms with van der Waals surface area (Å²) in [5.74, 6) is 3.26. The number of carbonyl (C=O) groups excluding carboxylic acids is 1. The number of piperidine rings is 1. The van der Waals surface area contributed by atoms with Gasteiger partial charge < -0.3 is 39.2 Å². The third-order valence-electron chi connectivity index (χ3n) is 14.0. The Balaban J connectivity index is 0.749. The summed E-state index contributed by atoms with van der Waals surface area (Å²) in [6, 6.07) is 18.4. The Morgan fingerprint density at radius 3 is 2.33 bits per heavy atom. The number of aryl methyl sites for hydroxylation is 1. The van der Waals surface area contributed by atoms with Gasteiger partial charge in [-0.3, -0.25) is 9.59 Å². The van der Waals surface area contributed by atoms with E-state index in [4.69, 9.17) is 21.1 Å². The van der Waals surface area contributed by atoms with Gasteiger partial charge in [-0.15, -0.1) is 0 Å². The lowest BCUT2D eigenvalue weighted by molar-refractivity contribution is -0.164. The molecular weight excluding hydrogens is 854 g/mol. The first kappa shape index (κ1) is 44.8. The molecule has 0 radical (unpaired) electrons. The van der Waals surface area contributed by atoms with Crippen molar-refractivity contribution in [2.24, 2.45) is 29.7 Å². The van der Waals surface area contributed by atoms with Gasteiger partial charge in [0.25, 0.3) is 11.5 Å². The van der Waals surface area contributed by atoms with Crippen LogP contribution in [0.4, 0.5) is 11.6 Å². The second-order valence-electron chi connectivity index (χ2n) is 20.0. The fourth-order valence-corrected chi connectivity index (χ4v) is 10.8. The second-order valence-corrected chi connectivity index (χ2v) is 20.4. The second kappa shape index (κ2) is 17.1. The average molecular weight is 911 g/mol. The number of H-pyrrole nitrogens is 1. The standard InChI is InChI=1S/C51H56ClN9O5/c1-49(2)46(50(3,4)47(49)65-36-11-8-32(23-53)40(52)22-36)58-44(62)33-24-56-48(57-25-33)60-18-15-30(16-19-60)20-31-27-61(28-31)35-10-13-42(55-26-35)66-41-12-9-34(51(5,6)64)21-38(41)39-29-59(7)45(63)43-37(39)14-17-54-43/h8-14,17,21-22,24-26,29-31,46-47,54,64H,15-16,18-20,27-28H2,1-7H3,(H,58,62). The first-order chi connectivity index (χ1) is 31.4. The topological polar surface area (TPSA) is 175 Å². The number of aliphatic hydroxyl groups is 1. The smallest absolute Gasteiger partial charge is 0.274 e. The van der Waals surface area contributed by atoms with E-state index in [2.05, 4.69) is 68.8 Å². The number of benzene rings is 2. The van der Waals surface area contributed by atoms with Gasteiger partial charge in [0, 0.05) is 104 Å². The number of rotatable bonds is 12. The summed E-state index contributed by atoms with van der Waals surface area (Å²) in [5, 5.41) is 24.4. The van der Waals surface area contributed by atoms with Crippen molar-refractivity contribution in [1.82, 2.24) is 29.8 Å². The van der Waals surface area contributed by atoms with Crippen LogP contribution in [0.5, 0.6) is 17.4 Å². The van der Waals surface area contributed by atoms with E-state index in [9.17, 15) is 20.0 Å². The Hall–Kier alpha value is -6.43. The van der Waals surface area contributed by atoms with Gasteiger partial charge in [-0.25, -0.2) is 15.0 Å². The molecule has 0 spiro atoms. The van der Waals surface area contributed by atoms with Crippen molar-refractivity contribution in [3.63, 3.8) is 0 Å². The van der Waals surface area contributed by atoms with Gasteiger partial charge in [0.15, 0.2) is 0 Å². The zero-order valence-electron chi connectivity index (χ0n) is 38.4. The van der Waals surface area contributed by atoms with E-state index in [1.165, 1.54) is 6.42 Å². The Kier molecular flexibility index (Phi) is 11.6. The average Bonchev–Trinajstić information content (AvgIpc) is 3.78. The van der Waals surface area contributed by atoms with Crippen LogP contribution in [0, 0.1) is 34.0 Å². The van der Waals surface area contributed by atoms with Gasteiger partial charge in [0.1, 0.15) is 29.2 Å². The van der Waals surface area contributed by atoms with E-state index >= 15 is 0 Å².